The fourth-order valence-electron chi connectivity index (χ4n) is 12.4. The summed E-state index contributed by atoms with van der Waals surface area (Å²) >= 11 is 0. The van der Waals surface area contributed by atoms with E-state index in [0.717, 1.165) is 97.4 Å². The highest BCUT2D eigenvalue weighted by Crippen LogP contribution is 2.37. The highest BCUT2D eigenvalue weighted by Gasteiger charge is 2.42. The van der Waals surface area contributed by atoms with E-state index in [0.29, 0.717) is 19.3 Å². The van der Waals surface area contributed by atoms with Crippen molar-refractivity contribution in [1.82, 2.24) is 14.7 Å². The molecule has 0 amide bonds. The Morgan fingerprint density at radius 2 is 0.444 bits per heavy atom. The van der Waals surface area contributed by atoms with E-state index in [1.807, 2.05) is 0 Å². The van der Waals surface area contributed by atoms with Gasteiger partial charge in [-0.05, 0) is 136 Å². The van der Waals surface area contributed by atoms with Gasteiger partial charge in [0.05, 0.1) is 17.8 Å². The molecule has 1 aliphatic carbocycles. The van der Waals surface area contributed by atoms with Crippen LogP contribution in [0.15, 0.2) is 0 Å². The summed E-state index contributed by atoms with van der Waals surface area (Å²) in [4.78, 5) is 51.5. The third-order valence-corrected chi connectivity index (χ3v) is 18.2. The molecule has 3 unspecified atom stereocenters. The van der Waals surface area contributed by atoms with Gasteiger partial charge in [0.15, 0.2) is 0 Å². The minimum absolute atomic E-state index is 0.202. The lowest BCUT2D eigenvalue weighted by molar-refractivity contribution is -0.167. The van der Waals surface area contributed by atoms with Crippen molar-refractivity contribution in [2.75, 3.05) is 58.9 Å². The maximum absolute atomic E-state index is 14.5. The van der Waals surface area contributed by atoms with Crippen molar-refractivity contribution in [3.05, 3.63) is 0 Å². The molecule has 0 N–H and O–H groups in total. The second-order valence-electron chi connectivity index (χ2n) is 25.7. The van der Waals surface area contributed by atoms with Crippen molar-refractivity contribution in [2.24, 2.45) is 17.8 Å². The number of esters is 3. The first-order valence-corrected chi connectivity index (χ1v) is 36.4. The Bertz CT molecular complexity index is 1180. The predicted molar refractivity (Wildman–Crippen MR) is 348 cm³/mol. The number of hydrogen-bond donors (Lipinski definition) is 0. The second kappa shape index (κ2) is 56.1. The van der Waals surface area contributed by atoms with Crippen LogP contribution < -0.4 is 0 Å². The summed E-state index contributed by atoms with van der Waals surface area (Å²) in [6.07, 6.45) is 51.5. The molecule has 480 valence electrons. The van der Waals surface area contributed by atoms with E-state index in [9.17, 15) is 14.4 Å². The Hall–Kier alpha value is -1.71. The summed E-state index contributed by atoms with van der Waals surface area (Å²) in [5.74, 6) is -2.43. The van der Waals surface area contributed by atoms with Crippen molar-refractivity contribution in [3.8, 4) is 0 Å². The smallest absolute Gasteiger partial charge is 0.309 e. The minimum Gasteiger partial charge on any atom is -0.462 e. The number of rotatable bonds is 60. The Labute approximate surface area is 505 Å². The average Bonchev–Trinajstić information content (AvgIpc) is 3.48. The van der Waals surface area contributed by atoms with Gasteiger partial charge >= 0.3 is 17.9 Å². The lowest BCUT2D eigenvalue weighted by atomic mass is 9.75. The first-order valence-electron chi connectivity index (χ1n) is 36.4. The summed E-state index contributed by atoms with van der Waals surface area (Å²) in [5.41, 5.74) is 0. The summed E-state index contributed by atoms with van der Waals surface area (Å²) < 4.78 is 19.4. The Balaban J connectivity index is 3.29. The maximum atomic E-state index is 14.5. The van der Waals surface area contributed by atoms with Gasteiger partial charge in [0, 0.05) is 19.6 Å². The van der Waals surface area contributed by atoms with Crippen LogP contribution in [0.2, 0.25) is 0 Å². The van der Waals surface area contributed by atoms with E-state index in [1.165, 1.54) is 231 Å². The largest absolute Gasteiger partial charge is 0.462 e. The van der Waals surface area contributed by atoms with Gasteiger partial charge in [0.25, 0.3) is 0 Å². The molecule has 0 aromatic carbocycles. The molecule has 9 heteroatoms. The number of carbonyl (C=O) groups is 3. The standard InChI is InChI=1S/C72H141N3O6/c1-10-19-25-31-37-43-52-73(53-44-38-32-26-20-11-2)58-49-67(16-7)79-70(76)64-61-65(71(77)80-68(17-8)50-59-74(54-45-39-33-27-21-12-3)55-46-40-34-28-22-13-4)63-66(62-64)72(78)81-69(18-9)51-60-75(56-47-41-35-29-23-14-5)57-48-42-36-30-24-15-6/h64-69H,10-63H2,1-9H3. The summed E-state index contributed by atoms with van der Waals surface area (Å²) in [5, 5.41) is 0. The van der Waals surface area contributed by atoms with Crippen molar-refractivity contribution >= 4 is 17.9 Å². The van der Waals surface area contributed by atoms with Crippen LogP contribution in [0.25, 0.3) is 0 Å². The number of hydrogen-bond acceptors (Lipinski definition) is 9. The normalized spacial score (nSPS) is 16.8. The highest BCUT2D eigenvalue weighted by molar-refractivity contribution is 5.80. The topological polar surface area (TPSA) is 88.6 Å². The third kappa shape index (κ3) is 42.7. The highest BCUT2D eigenvalue weighted by atomic mass is 16.6. The Kier molecular flexibility index (Phi) is 53.6. The molecule has 0 heterocycles. The van der Waals surface area contributed by atoms with Gasteiger partial charge < -0.3 is 28.9 Å². The number of carbonyl (C=O) groups excluding carboxylic acids is 3. The third-order valence-electron chi connectivity index (χ3n) is 18.2. The zero-order chi connectivity index (χ0) is 59.2. The molecule has 81 heavy (non-hydrogen) atoms. The SMILES string of the molecule is CCCCCCCCN(CCCCCCCC)CCC(CC)OC(=O)C1CC(C(=O)OC(CC)CCN(CCCCCCCC)CCCCCCCC)CC(C(=O)OC(CC)CCN(CCCCCCCC)CCCCCCCC)C1. The van der Waals surface area contributed by atoms with Crippen LogP contribution in [0.5, 0.6) is 0 Å². The van der Waals surface area contributed by atoms with Gasteiger partial charge in [0.1, 0.15) is 18.3 Å². The quantitative estimate of drug-likeness (QED) is 0.0336. The minimum atomic E-state index is -0.555. The fraction of sp³-hybridized carbons (Fsp3) is 0.958. The van der Waals surface area contributed by atoms with Gasteiger partial charge in [-0.25, -0.2) is 0 Å². The van der Waals surface area contributed by atoms with Crippen LogP contribution in [0, 0.1) is 17.8 Å². The molecule has 1 rings (SSSR count). The lowest BCUT2D eigenvalue weighted by Crippen LogP contribution is -2.40. The van der Waals surface area contributed by atoms with Gasteiger partial charge in [-0.15, -0.1) is 0 Å². The molecular formula is C72H141N3O6. The van der Waals surface area contributed by atoms with Crippen molar-refractivity contribution < 1.29 is 28.6 Å². The summed E-state index contributed by atoms with van der Waals surface area (Å²) in [6.45, 7) is 29.5. The van der Waals surface area contributed by atoms with E-state index >= 15 is 0 Å². The molecule has 1 fully saturated rings. The Morgan fingerprint density at radius 1 is 0.272 bits per heavy atom. The zero-order valence-electron chi connectivity index (χ0n) is 55.9. The molecule has 1 aliphatic rings. The van der Waals surface area contributed by atoms with Crippen LogP contribution in [0.1, 0.15) is 351 Å². The molecule has 9 nitrogen and oxygen atoms in total. The number of unbranched alkanes of at least 4 members (excludes halogenated alkanes) is 30. The van der Waals surface area contributed by atoms with Gasteiger partial charge in [0.2, 0.25) is 0 Å². The number of ether oxygens (including phenoxy) is 3. The predicted octanol–water partition coefficient (Wildman–Crippen LogP) is 20.2. The molecule has 0 spiro atoms. The Morgan fingerprint density at radius 3 is 0.617 bits per heavy atom. The van der Waals surface area contributed by atoms with Crippen molar-refractivity contribution in [3.63, 3.8) is 0 Å². The first-order chi connectivity index (χ1) is 39.6. The monoisotopic (exact) mass is 1140 g/mol. The molecule has 0 aromatic heterocycles. The summed E-state index contributed by atoms with van der Waals surface area (Å²) in [6, 6.07) is 0. The van der Waals surface area contributed by atoms with E-state index in [2.05, 4.69) is 77.0 Å². The number of nitrogens with zero attached hydrogens (tertiary/aromatic N) is 3. The first kappa shape index (κ1) is 77.3. The van der Waals surface area contributed by atoms with Gasteiger partial charge in [-0.1, -0.05) is 255 Å². The van der Waals surface area contributed by atoms with Crippen LogP contribution in [0.4, 0.5) is 0 Å². The second-order valence-corrected chi connectivity index (χ2v) is 25.7. The van der Waals surface area contributed by atoms with Gasteiger partial charge in [-0.3, -0.25) is 14.4 Å². The molecule has 0 radical (unpaired) electrons. The van der Waals surface area contributed by atoms with Crippen molar-refractivity contribution in [1.29, 1.82) is 0 Å². The summed E-state index contributed by atoms with van der Waals surface area (Å²) in [7, 11) is 0. The molecule has 0 aliphatic heterocycles. The van der Waals surface area contributed by atoms with E-state index in [4.69, 9.17) is 14.2 Å². The van der Waals surface area contributed by atoms with Crippen molar-refractivity contribution in [2.45, 2.75) is 370 Å². The molecule has 0 aromatic rings. The maximum Gasteiger partial charge on any atom is 0.309 e. The van der Waals surface area contributed by atoms with Crippen LogP contribution in [-0.4, -0.2) is 110 Å². The average molecular weight is 1140 g/mol. The molecule has 1 saturated carbocycles. The molecule has 3 atom stereocenters. The molecular weight excluding hydrogens is 1000 g/mol. The molecule has 0 bridgehead atoms. The fourth-order valence-corrected chi connectivity index (χ4v) is 12.4. The molecule has 0 saturated heterocycles. The zero-order valence-corrected chi connectivity index (χ0v) is 55.9. The van der Waals surface area contributed by atoms with Gasteiger partial charge in [-0.2, -0.15) is 0 Å². The van der Waals surface area contributed by atoms with E-state index in [-0.39, 0.29) is 36.2 Å². The van der Waals surface area contributed by atoms with Crippen LogP contribution in [-0.2, 0) is 28.6 Å². The lowest BCUT2D eigenvalue weighted by Gasteiger charge is -2.34. The van der Waals surface area contributed by atoms with Crippen LogP contribution in [0.3, 0.4) is 0 Å². The van der Waals surface area contributed by atoms with Crippen LogP contribution >= 0.6 is 0 Å². The van der Waals surface area contributed by atoms with E-state index < -0.39 is 17.8 Å². The van der Waals surface area contributed by atoms with E-state index in [1.54, 1.807) is 0 Å².